The molecule has 3 aromatic rings. The first-order chi connectivity index (χ1) is 14.8. The van der Waals surface area contributed by atoms with Crippen LogP contribution in [0.15, 0.2) is 23.0 Å². The van der Waals surface area contributed by atoms with E-state index in [1.807, 2.05) is 6.92 Å². The van der Waals surface area contributed by atoms with Gasteiger partial charge in [-0.15, -0.1) is 11.3 Å². The molecule has 9 heteroatoms. The first-order valence-corrected chi connectivity index (χ1v) is 11.3. The standard InChI is InChI=1S/C22H22ClN3O4S/c1-12-10-14(23)7-8-15(12)24-17(27)11-30-22(29)19-13(2)18-20(31-19)25-16-6-4-3-5-9-26(16)21(18)28/h7-8,10H,3-6,9,11H2,1-2H3,(H,24,27). The van der Waals surface area contributed by atoms with E-state index in [9.17, 15) is 14.4 Å². The van der Waals surface area contributed by atoms with Gasteiger partial charge in [0, 0.05) is 23.7 Å². The Morgan fingerprint density at radius 3 is 2.84 bits per heavy atom. The first kappa shape index (κ1) is 21.5. The normalized spacial score (nSPS) is 13.5. The van der Waals surface area contributed by atoms with E-state index >= 15 is 0 Å². The molecular formula is C22H22ClN3O4S. The molecule has 0 spiro atoms. The van der Waals surface area contributed by atoms with Gasteiger partial charge < -0.3 is 10.1 Å². The number of aryl methyl sites for hydroxylation is 3. The third-order valence-corrected chi connectivity index (χ3v) is 6.79. The maximum atomic E-state index is 13.0. The summed E-state index contributed by atoms with van der Waals surface area (Å²) in [5.41, 5.74) is 1.85. The van der Waals surface area contributed by atoms with Crippen molar-refractivity contribution in [2.45, 2.75) is 46.1 Å². The predicted molar refractivity (Wildman–Crippen MR) is 121 cm³/mol. The lowest BCUT2D eigenvalue weighted by atomic mass is 10.2. The number of amides is 1. The van der Waals surface area contributed by atoms with Gasteiger partial charge in [-0.05, 0) is 56.0 Å². The molecule has 0 fully saturated rings. The maximum Gasteiger partial charge on any atom is 0.349 e. The Balaban J connectivity index is 1.51. The van der Waals surface area contributed by atoms with E-state index in [0.717, 1.165) is 48.4 Å². The second-order valence-electron chi connectivity index (χ2n) is 7.62. The quantitative estimate of drug-likeness (QED) is 0.589. The number of nitrogens with one attached hydrogen (secondary N) is 1. The molecule has 1 aromatic carbocycles. The van der Waals surface area contributed by atoms with E-state index in [0.29, 0.717) is 37.9 Å². The second kappa shape index (κ2) is 8.80. The molecule has 31 heavy (non-hydrogen) atoms. The van der Waals surface area contributed by atoms with Crippen LogP contribution in [0.5, 0.6) is 0 Å². The van der Waals surface area contributed by atoms with Crippen molar-refractivity contribution < 1.29 is 14.3 Å². The van der Waals surface area contributed by atoms with E-state index in [4.69, 9.17) is 16.3 Å². The molecule has 1 N–H and O–H groups in total. The number of fused-ring (bicyclic) bond motifs is 2. The number of anilines is 1. The van der Waals surface area contributed by atoms with Crippen LogP contribution in [0.1, 0.15) is 45.9 Å². The minimum absolute atomic E-state index is 0.106. The van der Waals surface area contributed by atoms with Crippen molar-refractivity contribution in [2.75, 3.05) is 11.9 Å². The third-order valence-electron chi connectivity index (χ3n) is 5.39. The number of rotatable bonds is 4. The number of nitrogens with zero attached hydrogens (tertiary/aromatic N) is 2. The van der Waals surface area contributed by atoms with Gasteiger partial charge in [-0.1, -0.05) is 18.0 Å². The van der Waals surface area contributed by atoms with Crippen LogP contribution in [0.2, 0.25) is 5.02 Å². The molecule has 3 heterocycles. The van der Waals surface area contributed by atoms with E-state index in [2.05, 4.69) is 10.3 Å². The lowest BCUT2D eigenvalue weighted by Crippen LogP contribution is -2.24. The van der Waals surface area contributed by atoms with Gasteiger partial charge in [-0.3, -0.25) is 14.2 Å². The van der Waals surface area contributed by atoms with E-state index < -0.39 is 18.5 Å². The number of aromatic nitrogens is 2. The van der Waals surface area contributed by atoms with Gasteiger partial charge in [0.2, 0.25) is 0 Å². The summed E-state index contributed by atoms with van der Waals surface area (Å²) >= 11 is 7.06. The number of halogens is 1. The number of esters is 1. The van der Waals surface area contributed by atoms with Crippen LogP contribution in [0.25, 0.3) is 10.2 Å². The SMILES string of the molecule is Cc1cc(Cl)ccc1NC(=O)COC(=O)c1sc2nc3n(c(=O)c2c1C)CCCCC3. The van der Waals surface area contributed by atoms with Crippen LogP contribution in [0.4, 0.5) is 5.69 Å². The van der Waals surface area contributed by atoms with Crippen molar-refractivity contribution in [1.82, 2.24) is 9.55 Å². The molecule has 0 bridgehead atoms. The zero-order valence-corrected chi connectivity index (χ0v) is 18.9. The highest BCUT2D eigenvalue weighted by molar-refractivity contribution is 7.20. The summed E-state index contributed by atoms with van der Waals surface area (Å²) < 4.78 is 6.95. The Bertz CT molecular complexity index is 1250. The van der Waals surface area contributed by atoms with E-state index in [1.54, 1.807) is 29.7 Å². The van der Waals surface area contributed by atoms with Crippen LogP contribution >= 0.6 is 22.9 Å². The monoisotopic (exact) mass is 459 g/mol. The van der Waals surface area contributed by atoms with Gasteiger partial charge in [0.1, 0.15) is 15.5 Å². The largest absolute Gasteiger partial charge is 0.451 e. The highest BCUT2D eigenvalue weighted by Crippen LogP contribution is 2.29. The number of carbonyl (C=O) groups is 2. The van der Waals surface area contributed by atoms with Crippen molar-refractivity contribution in [2.24, 2.45) is 0 Å². The molecular weight excluding hydrogens is 438 g/mol. The van der Waals surface area contributed by atoms with Crippen LogP contribution in [-0.4, -0.2) is 28.0 Å². The van der Waals surface area contributed by atoms with Gasteiger partial charge in [-0.2, -0.15) is 0 Å². The highest BCUT2D eigenvalue weighted by atomic mass is 35.5. The molecule has 1 aliphatic rings. The summed E-state index contributed by atoms with van der Waals surface area (Å²) in [6.07, 6.45) is 3.77. The number of hydrogen-bond donors (Lipinski definition) is 1. The molecule has 1 amide bonds. The molecule has 1 aliphatic heterocycles. The van der Waals surface area contributed by atoms with Gasteiger partial charge in [0.25, 0.3) is 11.5 Å². The fourth-order valence-corrected chi connectivity index (χ4v) is 5.07. The zero-order chi connectivity index (χ0) is 22.1. The highest BCUT2D eigenvalue weighted by Gasteiger charge is 2.23. The average molecular weight is 460 g/mol. The smallest absolute Gasteiger partial charge is 0.349 e. The topological polar surface area (TPSA) is 90.3 Å². The van der Waals surface area contributed by atoms with Crippen LogP contribution in [-0.2, 0) is 22.5 Å². The summed E-state index contributed by atoms with van der Waals surface area (Å²) in [6.45, 7) is 3.76. The predicted octanol–water partition coefficient (Wildman–Crippen LogP) is 4.25. The molecule has 7 nitrogen and oxygen atoms in total. The number of thiophene rings is 1. The molecule has 0 aliphatic carbocycles. The molecule has 0 radical (unpaired) electrons. The molecule has 2 aromatic heterocycles. The molecule has 162 valence electrons. The molecule has 4 rings (SSSR count). The fourth-order valence-electron chi connectivity index (χ4n) is 3.75. The third kappa shape index (κ3) is 4.36. The van der Waals surface area contributed by atoms with E-state index in [-0.39, 0.29) is 5.56 Å². The lowest BCUT2D eigenvalue weighted by molar-refractivity contribution is -0.119. The Kier molecular flexibility index (Phi) is 6.11. The minimum Gasteiger partial charge on any atom is -0.451 e. The number of hydrogen-bond acceptors (Lipinski definition) is 6. The van der Waals surface area contributed by atoms with Crippen molar-refractivity contribution in [1.29, 1.82) is 0 Å². The summed E-state index contributed by atoms with van der Waals surface area (Å²) in [4.78, 5) is 43.4. The Morgan fingerprint density at radius 2 is 2.06 bits per heavy atom. The van der Waals surface area contributed by atoms with Crippen LogP contribution in [0, 0.1) is 13.8 Å². The Hall–Kier alpha value is -2.71. The summed E-state index contributed by atoms with van der Waals surface area (Å²) in [5, 5.41) is 3.74. The first-order valence-electron chi connectivity index (χ1n) is 10.1. The Labute approximate surface area is 188 Å². The van der Waals surface area contributed by atoms with Crippen LogP contribution < -0.4 is 10.9 Å². The maximum absolute atomic E-state index is 13.0. The zero-order valence-electron chi connectivity index (χ0n) is 17.3. The van der Waals surface area contributed by atoms with E-state index in [1.165, 1.54) is 0 Å². The number of ether oxygens (including phenoxy) is 1. The number of carbonyl (C=O) groups excluding carboxylic acids is 2. The molecule has 0 saturated carbocycles. The fraction of sp³-hybridized carbons (Fsp3) is 0.364. The van der Waals surface area contributed by atoms with Crippen molar-refractivity contribution in [3.8, 4) is 0 Å². The lowest BCUT2D eigenvalue weighted by Gasteiger charge is -2.09. The van der Waals surface area contributed by atoms with Crippen molar-refractivity contribution >= 4 is 50.7 Å². The van der Waals surface area contributed by atoms with Gasteiger partial charge >= 0.3 is 5.97 Å². The second-order valence-corrected chi connectivity index (χ2v) is 9.05. The summed E-state index contributed by atoms with van der Waals surface area (Å²) in [7, 11) is 0. The minimum atomic E-state index is -0.636. The van der Waals surface area contributed by atoms with Crippen molar-refractivity contribution in [3.05, 3.63) is 55.4 Å². The van der Waals surface area contributed by atoms with Gasteiger partial charge in [0.05, 0.1) is 5.39 Å². The van der Waals surface area contributed by atoms with Crippen molar-refractivity contribution in [3.63, 3.8) is 0 Å². The number of benzene rings is 1. The Morgan fingerprint density at radius 1 is 1.26 bits per heavy atom. The van der Waals surface area contributed by atoms with Gasteiger partial charge in [0.15, 0.2) is 6.61 Å². The average Bonchev–Trinajstić information content (AvgIpc) is 2.90. The van der Waals surface area contributed by atoms with Gasteiger partial charge in [-0.25, -0.2) is 9.78 Å². The molecule has 0 unspecified atom stereocenters. The summed E-state index contributed by atoms with van der Waals surface area (Å²) in [6, 6.07) is 5.09. The summed E-state index contributed by atoms with van der Waals surface area (Å²) in [5.74, 6) is -0.320. The molecule has 0 saturated heterocycles. The van der Waals surface area contributed by atoms with Crippen LogP contribution in [0.3, 0.4) is 0 Å². The molecule has 0 atom stereocenters.